The summed E-state index contributed by atoms with van der Waals surface area (Å²) in [7, 11) is 1.62. The molecule has 2 aromatic carbocycles. The van der Waals surface area contributed by atoms with E-state index in [4.69, 9.17) is 4.74 Å². The lowest BCUT2D eigenvalue weighted by Gasteiger charge is -2.34. The Morgan fingerprint density at radius 1 is 1.00 bits per heavy atom. The SMILES string of the molecule is COc1ccc(N2CCC(NC(=O)Nc3cc(NC(C)=O)c(F)cc3F)CC2)cc1. The third kappa shape index (κ3) is 5.37. The van der Waals surface area contributed by atoms with E-state index in [2.05, 4.69) is 20.9 Å². The van der Waals surface area contributed by atoms with E-state index in [1.54, 1.807) is 7.11 Å². The van der Waals surface area contributed by atoms with Gasteiger partial charge in [0.05, 0.1) is 18.5 Å². The Morgan fingerprint density at radius 3 is 2.17 bits per heavy atom. The van der Waals surface area contributed by atoms with Gasteiger partial charge in [-0.05, 0) is 43.2 Å². The monoisotopic (exact) mass is 418 g/mol. The smallest absolute Gasteiger partial charge is 0.319 e. The first-order valence-electron chi connectivity index (χ1n) is 9.59. The fourth-order valence-electron chi connectivity index (χ4n) is 3.35. The maximum absolute atomic E-state index is 14.0. The lowest BCUT2D eigenvalue weighted by Crippen LogP contribution is -2.46. The molecule has 3 N–H and O–H groups in total. The number of carbonyl (C=O) groups is 2. The van der Waals surface area contributed by atoms with Gasteiger partial charge in [0, 0.05) is 37.8 Å². The summed E-state index contributed by atoms with van der Waals surface area (Å²) in [6, 6.07) is 8.80. The van der Waals surface area contributed by atoms with Crippen LogP contribution in [0.5, 0.6) is 5.75 Å². The highest BCUT2D eigenvalue weighted by molar-refractivity contribution is 5.93. The van der Waals surface area contributed by atoms with Gasteiger partial charge < -0.3 is 25.6 Å². The van der Waals surface area contributed by atoms with Crippen LogP contribution in [0, 0.1) is 11.6 Å². The minimum atomic E-state index is -0.925. The van der Waals surface area contributed by atoms with E-state index in [-0.39, 0.29) is 17.4 Å². The van der Waals surface area contributed by atoms with Gasteiger partial charge in [-0.25, -0.2) is 13.6 Å². The number of carbonyl (C=O) groups excluding carboxylic acids is 2. The minimum Gasteiger partial charge on any atom is -0.497 e. The summed E-state index contributed by atoms with van der Waals surface area (Å²) in [6.45, 7) is 2.73. The number of nitrogens with zero attached hydrogens (tertiary/aromatic N) is 1. The molecule has 1 saturated heterocycles. The van der Waals surface area contributed by atoms with Crippen LogP contribution in [0.3, 0.4) is 0 Å². The lowest BCUT2D eigenvalue weighted by molar-refractivity contribution is -0.114. The molecule has 0 unspecified atom stereocenters. The lowest BCUT2D eigenvalue weighted by atomic mass is 10.0. The highest BCUT2D eigenvalue weighted by Crippen LogP contribution is 2.25. The molecular formula is C21H24F2N4O3. The average Bonchev–Trinajstić information content (AvgIpc) is 2.72. The van der Waals surface area contributed by atoms with Gasteiger partial charge in [0.15, 0.2) is 0 Å². The highest BCUT2D eigenvalue weighted by atomic mass is 19.1. The van der Waals surface area contributed by atoms with Crippen LogP contribution in [-0.4, -0.2) is 38.2 Å². The zero-order valence-corrected chi connectivity index (χ0v) is 16.8. The maximum Gasteiger partial charge on any atom is 0.319 e. The highest BCUT2D eigenvalue weighted by Gasteiger charge is 2.22. The molecule has 3 amide bonds. The summed E-state index contributed by atoms with van der Waals surface area (Å²) in [5, 5.41) is 7.46. The molecule has 3 rings (SSSR count). The van der Waals surface area contributed by atoms with E-state index in [9.17, 15) is 18.4 Å². The van der Waals surface area contributed by atoms with Gasteiger partial charge in [0.2, 0.25) is 5.91 Å². The number of hydrogen-bond donors (Lipinski definition) is 3. The Morgan fingerprint density at radius 2 is 1.60 bits per heavy atom. The molecule has 7 nitrogen and oxygen atoms in total. The van der Waals surface area contributed by atoms with Crippen molar-refractivity contribution in [3.63, 3.8) is 0 Å². The van der Waals surface area contributed by atoms with Crippen LogP contribution in [0.15, 0.2) is 36.4 Å². The quantitative estimate of drug-likeness (QED) is 0.691. The predicted octanol–water partition coefficient (Wildman–Crippen LogP) is 3.72. The third-order valence-corrected chi connectivity index (χ3v) is 4.88. The van der Waals surface area contributed by atoms with Crippen LogP contribution < -0.4 is 25.6 Å². The van der Waals surface area contributed by atoms with E-state index in [0.29, 0.717) is 6.07 Å². The molecule has 0 atom stereocenters. The summed E-state index contributed by atoms with van der Waals surface area (Å²) in [5.74, 6) is -1.55. The number of rotatable bonds is 5. The van der Waals surface area contributed by atoms with Gasteiger partial charge in [0.25, 0.3) is 0 Å². The van der Waals surface area contributed by atoms with E-state index in [1.807, 2.05) is 24.3 Å². The minimum absolute atomic E-state index is 0.0715. The van der Waals surface area contributed by atoms with Crippen molar-refractivity contribution in [2.45, 2.75) is 25.8 Å². The van der Waals surface area contributed by atoms with Gasteiger partial charge >= 0.3 is 6.03 Å². The Kier molecular flexibility index (Phi) is 6.71. The molecule has 0 aliphatic carbocycles. The van der Waals surface area contributed by atoms with Crippen LogP contribution in [0.2, 0.25) is 0 Å². The van der Waals surface area contributed by atoms with Crippen molar-refractivity contribution < 1.29 is 23.1 Å². The molecule has 30 heavy (non-hydrogen) atoms. The van der Waals surface area contributed by atoms with Crippen molar-refractivity contribution in [3.8, 4) is 5.75 Å². The molecule has 1 heterocycles. The van der Waals surface area contributed by atoms with Gasteiger partial charge in [-0.3, -0.25) is 4.79 Å². The fraction of sp³-hybridized carbons (Fsp3) is 0.333. The number of amides is 3. The predicted molar refractivity (Wildman–Crippen MR) is 111 cm³/mol. The van der Waals surface area contributed by atoms with Crippen LogP contribution >= 0.6 is 0 Å². The molecule has 2 aromatic rings. The second-order valence-electron chi connectivity index (χ2n) is 7.05. The molecule has 160 valence electrons. The van der Waals surface area contributed by atoms with Crippen molar-refractivity contribution in [3.05, 3.63) is 48.0 Å². The summed E-state index contributed by atoms with van der Waals surface area (Å²) >= 11 is 0. The Bertz CT molecular complexity index is 913. The van der Waals surface area contributed by atoms with Crippen molar-refractivity contribution >= 4 is 29.0 Å². The molecule has 0 saturated carbocycles. The fourth-order valence-corrected chi connectivity index (χ4v) is 3.35. The second-order valence-corrected chi connectivity index (χ2v) is 7.05. The number of urea groups is 1. The largest absolute Gasteiger partial charge is 0.497 e. The van der Waals surface area contributed by atoms with E-state index < -0.39 is 23.6 Å². The summed E-state index contributed by atoms with van der Waals surface area (Å²) < 4.78 is 32.9. The van der Waals surface area contributed by atoms with Gasteiger partial charge in [0.1, 0.15) is 17.4 Å². The average molecular weight is 418 g/mol. The normalized spacial score (nSPS) is 14.2. The zero-order valence-electron chi connectivity index (χ0n) is 16.8. The summed E-state index contributed by atoms with van der Waals surface area (Å²) in [5.41, 5.74) is 0.665. The Hall–Kier alpha value is -3.36. The first kappa shape index (κ1) is 21.4. The number of nitrogens with one attached hydrogen (secondary N) is 3. The van der Waals surface area contributed by atoms with Crippen molar-refractivity contribution in [2.75, 3.05) is 35.7 Å². The third-order valence-electron chi connectivity index (χ3n) is 4.88. The number of hydrogen-bond acceptors (Lipinski definition) is 4. The van der Waals surface area contributed by atoms with Gasteiger partial charge in [-0.2, -0.15) is 0 Å². The van der Waals surface area contributed by atoms with Crippen LogP contribution in [0.4, 0.5) is 30.6 Å². The van der Waals surface area contributed by atoms with Crippen molar-refractivity contribution in [1.29, 1.82) is 0 Å². The molecule has 1 aliphatic heterocycles. The van der Waals surface area contributed by atoms with Crippen molar-refractivity contribution in [2.24, 2.45) is 0 Å². The Labute approximate surface area is 173 Å². The van der Waals surface area contributed by atoms with Crippen LogP contribution in [-0.2, 0) is 4.79 Å². The van der Waals surface area contributed by atoms with E-state index >= 15 is 0 Å². The van der Waals surface area contributed by atoms with Crippen LogP contribution in [0.1, 0.15) is 19.8 Å². The van der Waals surface area contributed by atoms with Gasteiger partial charge in [-0.1, -0.05) is 0 Å². The maximum atomic E-state index is 14.0. The molecular weight excluding hydrogens is 394 g/mol. The van der Waals surface area contributed by atoms with Crippen molar-refractivity contribution in [1.82, 2.24) is 5.32 Å². The molecule has 0 bridgehead atoms. The molecule has 0 spiro atoms. The summed E-state index contributed by atoms with van der Waals surface area (Å²) in [4.78, 5) is 25.6. The van der Waals surface area contributed by atoms with E-state index in [0.717, 1.165) is 43.4 Å². The Balaban J connectivity index is 1.54. The summed E-state index contributed by atoms with van der Waals surface area (Å²) in [6.07, 6.45) is 1.45. The molecule has 0 aromatic heterocycles. The topological polar surface area (TPSA) is 82.7 Å². The zero-order chi connectivity index (χ0) is 21.7. The van der Waals surface area contributed by atoms with E-state index in [1.165, 1.54) is 6.92 Å². The number of halogens is 2. The standard InChI is InChI=1S/C21H24F2N4O3/c1-13(28)24-19-12-20(18(23)11-17(19)22)26-21(29)25-14-7-9-27(10-8-14)15-3-5-16(30-2)6-4-15/h3-6,11-12,14H,7-10H2,1-2H3,(H,24,28)(H2,25,26,29). The number of anilines is 3. The first-order chi connectivity index (χ1) is 14.4. The molecule has 1 fully saturated rings. The molecule has 1 aliphatic rings. The second kappa shape index (κ2) is 9.43. The number of piperidine rings is 1. The van der Waals surface area contributed by atoms with Gasteiger partial charge in [-0.15, -0.1) is 0 Å². The number of benzene rings is 2. The molecule has 0 radical (unpaired) electrons. The number of methoxy groups -OCH3 is 1. The number of ether oxygens (including phenoxy) is 1. The first-order valence-corrected chi connectivity index (χ1v) is 9.59. The van der Waals surface area contributed by atoms with Crippen LogP contribution in [0.25, 0.3) is 0 Å². The molecule has 9 heteroatoms.